The van der Waals surface area contributed by atoms with Gasteiger partial charge in [-0.3, -0.25) is 14.0 Å². The Morgan fingerprint density at radius 3 is 2.70 bits per heavy atom. The molecule has 3 aromatic heterocycles. The Hall–Kier alpha value is -2.83. The second-order valence-corrected chi connectivity index (χ2v) is 8.12. The maximum atomic E-state index is 12.8. The average Bonchev–Trinajstić information content (AvgIpc) is 3.15. The van der Waals surface area contributed by atoms with Crippen LogP contribution in [0.1, 0.15) is 38.4 Å². The van der Waals surface area contributed by atoms with Crippen molar-refractivity contribution in [3.05, 3.63) is 35.9 Å². The second kappa shape index (κ2) is 6.11. The summed E-state index contributed by atoms with van der Waals surface area (Å²) in [4.78, 5) is 19.3. The Bertz CT molecular complexity index is 1030. The summed E-state index contributed by atoms with van der Waals surface area (Å²) >= 11 is 0. The quantitative estimate of drug-likeness (QED) is 0.657. The van der Waals surface area contributed by atoms with Crippen LogP contribution in [0.5, 0.6) is 0 Å². The van der Waals surface area contributed by atoms with E-state index in [0.29, 0.717) is 6.54 Å². The van der Waals surface area contributed by atoms with Gasteiger partial charge in [0.25, 0.3) is 0 Å². The van der Waals surface area contributed by atoms with E-state index in [4.69, 9.17) is 9.72 Å². The van der Waals surface area contributed by atoms with Gasteiger partial charge < -0.3 is 4.74 Å². The van der Waals surface area contributed by atoms with Gasteiger partial charge in [-0.15, -0.1) is 0 Å². The highest BCUT2D eigenvalue weighted by Crippen LogP contribution is 2.33. The Morgan fingerprint density at radius 2 is 2.04 bits per heavy atom. The molecule has 0 saturated carbocycles. The molecule has 0 bridgehead atoms. The van der Waals surface area contributed by atoms with E-state index in [2.05, 4.69) is 24.3 Å². The molecule has 1 aliphatic heterocycles. The molecule has 0 radical (unpaired) electrons. The molecule has 3 aromatic rings. The lowest BCUT2D eigenvalue weighted by atomic mass is 10.1. The van der Waals surface area contributed by atoms with Gasteiger partial charge in [-0.05, 0) is 52.2 Å². The maximum Gasteiger partial charge on any atom is 0.416 e. The maximum absolute atomic E-state index is 12.8. The first kappa shape index (κ1) is 17.6. The van der Waals surface area contributed by atoms with Crippen LogP contribution in [0.15, 0.2) is 24.7 Å². The largest absolute Gasteiger partial charge is 0.443 e. The number of rotatable bonds is 1. The van der Waals surface area contributed by atoms with Crippen molar-refractivity contribution in [3.63, 3.8) is 0 Å². The summed E-state index contributed by atoms with van der Waals surface area (Å²) in [5.41, 5.74) is 4.49. The minimum absolute atomic E-state index is 0.325. The van der Waals surface area contributed by atoms with Gasteiger partial charge in [0.05, 0.1) is 11.9 Å². The number of hydrogen-bond donors (Lipinski definition) is 0. The number of imidazole rings is 1. The van der Waals surface area contributed by atoms with Crippen LogP contribution in [-0.2, 0) is 18.2 Å². The number of amides is 1. The Labute approximate surface area is 158 Å². The minimum Gasteiger partial charge on any atom is -0.443 e. The molecule has 1 aliphatic rings. The van der Waals surface area contributed by atoms with Gasteiger partial charge in [0.15, 0.2) is 0 Å². The summed E-state index contributed by atoms with van der Waals surface area (Å²) in [7, 11) is 1.90. The van der Waals surface area contributed by atoms with Gasteiger partial charge in [-0.25, -0.2) is 9.78 Å². The van der Waals surface area contributed by atoms with Crippen molar-refractivity contribution in [1.29, 1.82) is 0 Å². The van der Waals surface area contributed by atoms with Crippen LogP contribution in [0.25, 0.3) is 16.8 Å². The molecule has 27 heavy (non-hydrogen) atoms. The van der Waals surface area contributed by atoms with Crippen LogP contribution in [0.2, 0.25) is 0 Å². The van der Waals surface area contributed by atoms with Crippen molar-refractivity contribution in [1.82, 2.24) is 19.2 Å². The van der Waals surface area contributed by atoms with Crippen LogP contribution in [0.4, 0.5) is 10.6 Å². The zero-order valence-electron chi connectivity index (χ0n) is 16.5. The fourth-order valence-electron chi connectivity index (χ4n) is 3.54. The van der Waals surface area contributed by atoms with E-state index < -0.39 is 5.60 Å². The highest BCUT2D eigenvalue weighted by Gasteiger charge is 2.31. The summed E-state index contributed by atoms with van der Waals surface area (Å²) in [5.74, 6) is 0.815. The molecule has 4 rings (SSSR count). The van der Waals surface area contributed by atoms with Crippen molar-refractivity contribution >= 4 is 17.6 Å². The highest BCUT2D eigenvalue weighted by molar-refractivity contribution is 5.89. The molecular formula is C20H25N5O2. The number of carbonyl (C=O) groups excluding carboxylic acids is 1. The van der Waals surface area contributed by atoms with E-state index in [1.807, 2.05) is 44.6 Å². The van der Waals surface area contributed by atoms with E-state index in [-0.39, 0.29) is 6.09 Å². The number of aromatic nitrogens is 4. The standard InChI is InChI=1S/C20H25N5O2/c1-13-9-17-22-16-7-6-8-24(19(26)27-20(2,3)4)18(16)25(17)12-15(13)14-10-21-23(5)11-14/h9-12H,6-8H2,1-5H3. The predicted molar refractivity (Wildman–Crippen MR) is 104 cm³/mol. The summed E-state index contributed by atoms with van der Waals surface area (Å²) in [5, 5.41) is 4.28. The smallest absolute Gasteiger partial charge is 0.416 e. The molecule has 7 heteroatoms. The van der Waals surface area contributed by atoms with Crippen LogP contribution in [0, 0.1) is 6.92 Å². The van der Waals surface area contributed by atoms with Gasteiger partial charge in [-0.2, -0.15) is 5.10 Å². The van der Waals surface area contributed by atoms with E-state index in [1.54, 1.807) is 9.58 Å². The number of carbonyl (C=O) groups is 1. The van der Waals surface area contributed by atoms with Crippen LogP contribution >= 0.6 is 0 Å². The molecule has 0 unspecified atom stereocenters. The van der Waals surface area contributed by atoms with Crippen LogP contribution < -0.4 is 4.90 Å². The van der Waals surface area contributed by atoms with Gasteiger partial charge >= 0.3 is 6.09 Å². The molecule has 0 N–H and O–H groups in total. The first-order valence-electron chi connectivity index (χ1n) is 9.24. The number of anilines is 1. The summed E-state index contributed by atoms with van der Waals surface area (Å²) < 4.78 is 9.42. The third kappa shape index (κ3) is 3.18. The Balaban J connectivity index is 1.84. The van der Waals surface area contributed by atoms with Crippen molar-refractivity contribution in [2.75, 3.05) is 11.4 Å². The molecule has 7 nitrogen and oxygen atoms in total. The highest BCUT2D eigenvalue weighted by atomic mass is 16.6. The van der Waals surface area contributed by atoms with E-state index in [9.17, 15) is 4.79 Å². The van der Waals surface area contributed by atoms with Gasteiger partial charge in [0, 0.05) is 37.1 Å². The van der Waals surface area contributed by atoms with E-state index in [0.717, 1.165) is 46.7 Å². The van der Waals surface area contributed by atoms with Crippen molar-refractivity contribution in [3.8, 4) is 11.1 Å². The van der Waals surface area contributed by atoms with Crippen molar-refractivity contribution in [2.45, 2.75) is 46.1 Å². The number of pyridine rings is 1. The third-order valence-electron chi connectivity index (χ3n) is 4.69. The molecule has 0 spiro atoms. The zero-order chi connectivity index (χ0) is 19.3. The summed E-state index contributed by atoms with van der Waals surface area (Å²) in [6, 6.07) is 2.06. The lowest BCUT2D eigenvalue weighted by Gasteiger charge is -2.29. The monoisotopic (exact) mass is 367 g/mol. The average molecular weight is 367 g/mol. The first-order valence-corrected chi connectivity index (χ1v) is 9.24. The molecule has 0 atom stereocenters. The predicted octanol–water partition coefficient (Wildman–Crippen LogP) is 3.73. The molecule has 0 saturated heterocycles. The minimum atomic E-state index is -0.535. The first-order chi connectivity index (χ1) is 12.7. The molecule has 142 valence electrons. The molecule has 1 amide bonds. The topological polar surface area (TPSA) is 64.7 Å². The lowest BCUT2D eigenvalue weighted by Crippen LogP contribution is -2.40. The molecular weight excluding hydrogens is 342 g/mol. The third-order valence-corrected chi connectivity index (χ3v) is 4.69. The van der Waals surface area contributed by atoms with Crippen molar-refractivity contribution in [2.24, 2.45) is 7.05 Å². The number of hydrogen-bond acceptors (Lipinski definition) is 4. The molecule has 4 heterocycles. The number of nitrogens with zero attached hydrogens (tertiary/aromatic N) is 5. The number of ether oxygens (including phenoxy) is 1. The van der Waals surface area contributed by atoms with Crippen molar-refractivity contribution < 1.29 is 9.53 Å². The number of fused-ring (bicyclic) bond motifs is 3. The summed E-state index contributed by atoms with van der Waals surface area (Å²) in [6.45, 7) is 8.35. The Kier molecular flexibility index (Phi) is 3.98. The SMILES string of the molecule is Cc1cc2nc3c(n2cc1-c1cnn(C)c1)N(C(=O)OC(C)(C)C)CCC3. The van der Waals surface area contributed by atoms with Crippen LogP contribution in [-0.4, -0.2) is 37.4 Å². The molecule has 0 fully saturated rings. The van der Waals surface area contributed by atoms with E-state index >= 15 is 0 Å². The van der Waals surface area contributed by atoms with Gasteiger partial charge in [0.2, 0.25) is 0 Å². The van der Waals surface area contributed by atoms with Gasteiger partial charge in [-0.1, -0.05) is 0 Å². The fraction of sp³-hybridized carbons (Fsp3) is 0.450. The fourth-order valence-corrected chi connectivity index (χ4v) is 3.54. The van der Waals surface area contributed by atoms with E-state index in [1.165, 1.54) is 0 Å². The van der Waals surface area contributed by atoms with Gasteiger partial charge in [0.1, 0.15) is 17.1 Å². The summed E-state index contributed by atoms with van der Waals surface area (Å²) in [6.07, 6.45) is 7.30. The molecule has 0 aromatic carbocycles. The lowest BCUT2D eigenvalue weighted by molar-refractivity contribution is 0.0576. The molecule has 0 aliphatic carbocycles. The zero-order valence-corrected chi connectivity index (χ0v) is 16.5. The van der Waals surface area contributed by atoms with Crippen LogP contribution in [0.3, 0.4) is 0 Å². The number of aryl methyl sites for hydroxylation is 3. The Morgan fingerprint density at radius 1 is 1.26 bits per heavy atom. The normalized spacial score (nSPS) is 14.5. The second-order valence-electron chi connectivity index (χ2n) is 8.12.